The first-order valence-corrected chi connectivity index (χ1v) is 12.6. The van der Waals surface area contributed by atoms with E-state index in [1.807, 2.05) is 12.1 Å². The molecule has 1 aromatic carbocycles. The summed E-state index contributed by atoms with van der Waals surface area (Å²) in [5.41, 5.74) is 3.41. The lowest BCUT2D eigenvalue weighted by atomic mass is 9.81. The SMILES string of the molecule is CCCC[C@H]1CC[C@H](OC(=O)c2ccc(C3=CCC(CC(C)CC)CC3)cc2)CC1. The molecule has 3 rings (SSSR count). The average molecular weight is 411 g/mol. The van der Waals surface area contributed by atoms with Gasteiger partial charge in [-0.2, -0.15) is 0 Å². The van der Waals surface area contributed by atoms with Crippen LogP contribution in [0.2, 0.25) is 0 Å². The van der Waals surface area contributed by atoms with Crippen LogP contribution in [0.1, 0.15) is 114 Å². The van der Waals surface area contributed by atoms with Gasteiger partial charge in [0.1, 0.15) is 6.10 Å². The molecule has 1 saturated carbocycles. The fourth-order valence-electron chi connectivity index (χ4n) is 5.17. The van der Waals surface area contributed by atoms with Gasteiger partial charge in [0.05, 0.1) is 5.56 Å². The van der Waals surface area contributed by atoms with Crippen molar-refractivity contribution in [2.75, 3.05) is 0 Å². The zero-order chi connectivity index (χ0) is 21.3. The molecule has 30 heavy (non-hydrogen) atoms. The van der Waals surface area contributed by atoms with E-state index in [-0.39, 0.29) is 12.1 Å². The molecule has 1 aromatic rings. The molecule has 0 spiro atoms. The van der Waals surface area contributed by atoms with Crippen molar-refractivity contribution in [1.82, 2.24) is 0 Å². The van der Waals surface area contributed by atoms with Crippen LogP contribution in [0.15, 0.2) is 30.3 Å². The maximum Gasteiger partial charge on any atom is 0.338 e. The number of allylic oxidation sites excluding steroid dienone is 2. The fourth-order valence-corrected chi connectivity index (χ4v) is 5.17. The van der Waals surface area contributed by atoms with Gasteiger partial charge in [-0.15, -0.1) is 0 Å². The van der Waals surface area contributed by atoms with E-state index >= 15 is 0 Å². The van der Waals surface area contributed by atoms with Gasteiger partial charge in [-0.3, -0.25) is 0 Å². The van der Waals surface area contributed by atoms with Crippen LogP contribution >= 0.6 is 0 Å². The summed E-state index contributed by atoms with van der Waals surface area (Å²) in [6.07, 6.45) is 17.3. The van der Waals surface area contributed by atoms with Gasteiger partial charge in [-0.1, -0.05) is 64.7 Å². The van der Waals surface area contributed by atoms with Crippen molar-refractivity contribution in [3.8, 4) is 0 Å². The summed E-state index contributed by atoms with van der Waals surface area (Å²) in [6.45, 7) is 6.92. The van der Waals surface area contributed by atoms with Crippen LogP contribution in [0.5, 0.6) is 0 Å². The predicted octanol–water partition coefficient (Wildman–Crippen LogP) is 8.21. The van der Waals surface area contributed by atoms with Crippen molar-refractivity contribution in [2.45, 2.75) is 104 Å². The number of hydrogen-bond donors (Lipinski definition) is 0. The van der Waals surface area contributed by atoms with Gasteiger partial charge in [0.15, 0.2) is 0 Å². The zero-order valence-electron chi connectivity index (χ0n) is 19.5. The second-order valence-electron chi connectivity index (χ2n) is 9.89. The molecule has 2 nitrogen and oxygen atoms in total. The maximum atomic E-state index is 12.6. The second kappa shape index (κ2) is 11.7. The molecule has 2 aliphatic rings. The van der Waals surface area contributed by atoms with Crippen molar-refractivity contribution in [2.24, 2.45) is 17.8 Å². The van der Waals surface area contributed by atoms with Crippen LogP contribution < -0.4 is 0 Å². The van der Waals surface area contributed by atoms with Gasteiger partial charge < -0.3 is 4.74 Å². The largest absolute Gasteiger partial charge is 0.459 e. The first-order chi connectivity index (χ1) is 14.6. The second-order valence-corrected chi connectivity index (χ2v) is 9.89. The van der Waals surface area contributed by atoms with Crippen LogP contribution in [0.25, 0.3) is 5.57 Å². The molecule has 0 saturated heterocycles. The number of ether oxygens (including phenoxy) is 1. The minimum absolute atomic E-state index is 0.110. The van der Waals surface area contributed by atoms with Crippen LogP contribution in [-0.2, 0) is 4.74 Å². The topological polar surface area (TPSA) is 26.3 Å². The summed E-state index contributed by atoms with van der Waals surface area (Å²) >= 11 is 0. The number of hydrogen-bond acceptors (Lipinski definition) is 2. The van der Waals surface area contributed by atoms with Crippen LogP contribution in [0, 0.1) is 17.8 Å². The summed E-state index contributed by atoms with van der Waals surface area (Å²) in [6, 6.07) is 8.13. The van der Waals surface area contributed by atoms with Gasteiger partial charge in [-0.05, 0) is 92.4 Å². The summed E-state index contributed by atoms with van der Waals surface area (Å²) in [7, 11) is 0. The highest BCUT2D eigenvalue weighted by atomic mass is 16.5. The molecule has 2 atom stereocenters. The Labute approximate surface area is 184 Å². The molecule has 0 bridgehead atoms. The molecular weight excluding hydrogens is 368 g/mol. The quantitative estimate of drug-likeness (QED) is 0.383. The number of unbranched alkanes of at least 4 members (excludes halogenated alkanes) is 1. The molecule has 0 N–H and O–H groups in total. The summed E-state index contributed by atoms with van der Waals surface area (Å²) in [4.78, 5) is 12.6. The lowest BCUT2D eigenvalue weighted by Crippen LogP contribution is -2.24. The Kier molecular flexibility index (Phi) is 9.03. The Morgan fingerprint density at radius 2 is 1.77 bits per heavy atom. The average Bonchev–Trinajstić information content (AvgIpc) is 2.79. The number of benzene rings is 1. The third-order valence-corrected chi connectivity index (χ3v) is 7.48. The van der Waals surface area contributed by atoms with E-state index in [1.165, 1.54) is 68.9 Å². The third kappa shape index (κ3) is 6.72. The molecule has 2 aliphatic carbocycles. The molecular formula is C28H42O2. The summed E-state index contributed by atoms with van der Waals surface area (Å²) in [5.74, 6) is 2.37. The van der Waals surface area contributed by atoms with Gasteiger partial charge in [0, 0.05) is 0 Å². The maximum absolute atomic E-state index is 12.6. The van der Waals surface area contributed by atoms with Gasteiger partial charge >= 0.3 is 5.97 Å². The zero-order valence-corrected chi connectivity index (χ0v) is 19.5. The Morgan fingerprint density at radius 3 is 2.37 bits per heavy atom. The molecule has 0 heterocycles. The Hall–Kier alpha value is -1.57. The van der Waals surface area contributed by atoms with Crippen LogP contribution in [-0.4, -0.2) is 12.1 Å². The molecule has 0 radical (unpaired) electrons. The van der Waals surface area contributed by atoms with Crippen molar-refractivity contribution in [3.05, 3.63) is 41.5 Å². The first kappa shape index (κ1) is 23.1. The first-order valence-electron chi connectivity index (χ1n) is 12.6. The number of carbonyl (C=O) groups excluding carboxylic acids is 1. The molecule has 2 unspecified atom stereocenters. The minimum Gasteiger partial charge on any atom is -0.459 e. The highest BCUT2D eigenvalue weighted by Crippen LogP contribution is 2.34. The highest BCUT2D eigenvalue weighted by molar-refractivity contribution is 5.90. The Balaban J connectivity index is 1.47. The third-order valence-electron chi connectivity index (χ3n) is 7.48. The van der Waals surface area contributed by atoms with Crippen molar-refractivity contribution < 1.29 is 9.53 Å². The highest BCUT2D eigenvalue weighted by Gasteiger charge is 2.24. The van der Waals surface area contributed by atoms with Crippen LogP contribution in [0.3, 0.4) is 0 Å². The van der Waals surface area contributed by atoms with Gasteiger partial charge in [0.2, 0.25) is 0 Å². The molecule has 0 amide bonds. The lowest BCUT2D eigenvalue weighted by molar-refractivity contribution is 0.0161. The van der Waals surface area contributed by atoms with E-state index in [2.05, 4.69) is 39.0 Å². The molecule has 166 valence electrons. The van der Waals surface area contributed by atoms with E-state index in [4.69, 9.17) is 4.74 Å². The standard InChI is InChI=1S/C28H42O2/c1-4-6-7-22-10-18-27(19-11-22)30-28(29)26-16-14-25(15-17-26)24-12-8-23(9-13-24)20-21(3)5-2/h12,14-17,21-23,27H,4-11,13,18-20H2,1-3H3/t21?,22-,23?,27-. The minimum atomic E-state index is -0.148. The normalized spacial score (nSPS) is 25.4. The van der Waals surface area contributed by atoms with Crippen molar-refractivity contribution >= 4 is 11.5 Å². The monoisotopic (exact) mass is 410 g/mol. The van der Waals surface area contributed by atoms with Gasteiger partial charge in [-0.25, -0.2) is 4.79 Å². The molecule has 1 fully saturated rings. The molecule has 0 aromatic heterocycles. The van der Waals surface area contributed by atoms with E-state index < -0.39 is 0 Å². The van der Waals surface area contributed by atoms with E-state index in [0.717, 1.165) is 37.0 Å². The molecule has 2 heteroatoms. The summed E-state index contributed by atoms with van der Waals surface area (Å²) < 4.78 is 5.82. The van der Waals surface area contributed by atoms with Crippen LogP contribution in [0.4, 0.5) is 0 Å². The smallest absolute Gasteiger partial charge is 0.338 e. The number of rotatable bonds is 9. The Bertz CT molecular complexity index is 679. The Morgan fingerprint density at radius 1 is 1.03 bits per heavy atom. The lowest BCUT2D eigenvalue weighted by Gasteiger charge is -2.28. The van der Waals surface area contributed by atoms with Gasteiger partial charge in [0.25, 0.3) is 0 Å². The van der Waals surface area contributed by atoms with Crippen molar-refractivity contribution in [3.63, 3.8) is 0 Å². The number of esters is 1. The van der Waals surface area contributed by atoms with E-state index in [9.17, 15) is 4.79 Å². The summed E-state index contributed by atoms with van der Waals surface area (Å²) in [5, 5.41) is 0. The van der Waals surface area contributed by atoms with E-state index in [1.54, 1.807) is 0 Å². The molecule has 0 aliphatic heterocycles. The number of carbonyl (C=O) groups is 1. The van der Waals surface area contributed by atoms with E-state index in [0.29, 0.717) is 5.56 Å². The van der Waals surface area contributed by atoms with Crippen molar-refractivity contribution in [1.29, 1.82) is 0 Å². The predicted molar refractivity (Wildman–Crippen MR) is 127 cm³/mol. The fraction of sp³-hybridized carbons (Fsp3) is 0.679.